The van der Waals surface area contributed by atoms with Gasteiger partial charge in [-0.3, -0.25) is 0 Å². The highest BCUT2D eigenvalue weighted by atomic mass is 16.1. The average molecular weight is 154 g/mol. The second-order valence-electron chi connectivity index (χ2n) is 3.50. The molecule has 64 valence electrons. The van der Waals surface area contributed by atoms with E-state index in [1.165, 1.54) is 0 Å². The molecule has 0 fully saturated rings. The largest absolute Gasteiger partial charge is 0.303 e. The molecule has 0 aliphatic carbocycles. The summed E-state index contributed by atoms with van der Waals surface area (Å²) >= 11 is 0. The van der Waals surface area contributed by atoms with Gasteiger partial charge in [-0.15, -0.1) is 0 Å². The molecule has 0 rings (SSSR count). The number of carbonyl (C=O) groups excluding carboxylic acids is 1. The van der Waals surface area contributed by atoms with Crippen molar-refractivity contribution in [2.24, 2.45) is 5.41 Å². The van der Waals surface area contributed by atoms with E-state index in [0.717, 1.165) is 19.1 Å². The van der Waals surface area contributed by atoms with Crippen molar-refractivity contribution in [2.75, 3.05) is 0 Å². The van der Waals surface area contributed by atoms with Crippen molar-refractivity contribution < 1.29 is 4.79 Å². The summed E-state index contributed by atoms with van der Waals surface area (Å²) in [5.74, 6) is 0. The Bertz CT molecular complexity index is 134. The van der Waals surface area contributed by atoms with Gasteiger partial charge >= 0.3 is 0 Å². The first-order valence-electron chi connectivity index (χ1n) is 4.23. The predicted molar refractivity (Wildman–Crippen MR) is 48.5 cm³/mol. The second-order valence-corrected chi connectivity index (χ2v) is 3.50. The van der Waals surface area contributed by atoms with Gasteiger partial charge in [0.2, 0.25) is 0 Å². The van der Waals surface area contributed by atoms with Crippen molar-refractivity contribution in [1.82, 2.24) is 0 Å². The van der Waals surface area contributed by atoms with Crippen LogP contribution in [-0.4, -0.2) is 6.29 Å². The molecule has 0 aliphatic heterocycles. The number of carbonyl (C=O) groups is 1. The van der Waals surface area contributed by atoms with Crippen molar-refractivity contribution in [3.8, 4) is 0 Å². The molecule has 0 bridgehead atoms. The predicted octanol–water partition coefficient (Wildman–Crippen LogP) is 2.96. The highest BCUT2D eigenvalue weighted by Gasteiger charge is 2.11. The fraction of sp³-hybridized carbons (Fsp3) is 0.700. The van der Waals surface area contributed by atoms with Crippen molar-refractivity contribution in [3.05, 3.63) is 12.2 Å². The second kappa shape index (κ2) is 5.11. The van der Waals surface area contributed by atoms with E-state index < -0.39 is 0 Å². The highest BCUT2D eigenvalue weighted by Crippen LogP contribution is 2.23. The van der Waals surface area contributed by atoms with E-state index in [0.29, 0.717) is 6.42 Å². The minimum atomic E-state index is 0.191. The van der Waals surface area contributed by atoms with E-state index in [1.54, 1.807) is 0 Å². The molecule has 0 spiro atoms. The molecule has 0 aromatic heterocycles. The summed E-state index contributed by atoms with van der Waals surface area (Å²) in [7, 11) is 0. The Morgan fingerprint density at radius 2 is 2.00 bits per heavy atom. The zero-order valence-corrected chi connectivity index (χ0v) is 7.76. The van der Waals surface area contributed by atoms with Crippen LogP contribution in [0.3, 0.4) is 0 Å². The summed E-state index contributed by atoms with van der Waals surface area (Å²) in [6.45, 7) is 6.43. The third-order valence-electron chi connectivity index (χ3n) is 1.71. The molecule has 0 amide bonds. The van der Waals surface area contributed by atoms with E-state index in [4.69, 9.17) is 0 Å². The lowest BCUT2D eigenvalue weighted by atomic mass is 9.87. The van der Waals surface area contributed by atoms with Crippen LogP contribution in [0.4, 0.5) is 0 Å². The van der Waals surface area contributed by atoms with Gasteiger partial charge in [-0.25, -0.2) is 0 Å². The molecule has 0 aromatic carbocycles. The first-order valence-corrected chi connectivity index (χ1v) is 4.23. The van der Waals surface area contributed by atoms with Crippen LogP contribution >= 0.6 is 0 Å². The zero-order valence-electron chi connectivity index (χ0n) is 7.76. The number of hydrogen-bond donors (Lipinski definition) is 0. The Hall–Kier alpha value is -0.590. The van der Waals surface area contributed by atoms with Crippen LogP contribution in [0.15, 0.2) is 12.2 Å². The summed E-state index contributed by atoms with van der Waals surface area (Å²) in [5, 5.41) is 0. The normalized spacial score (nSPS) is 12.3. The molecule has 0 aromatic rings. The third-order valence-corrected chi connectivity index (χ3v) is 1.71. The molecule has 11 heavy (non-hydrogen) atoms. The Kier molecular flexibility index (Phi) is 4.84. The molecule has 1 nitrogen and oxygen atoms in total. The fourth-order valence-corrected chi connectivity index (χ4v) is 0.951. The number of aldehydes is 1. The van der Waals surface area contributed by atoms with E-state index in [2.05, 4.69) is 32.9 Å². The minimum absolute atomic E-state index is 0.191. The zero-order chi connectivity index (χ0) is 8.74. The summed E-state index contributed by atoms with van der Waals surface area (Å²) in [6, 6.07) is 0. The molecule has 0 saturated heterocycles. The Morgan fingerprint density at radius 3 is 2.45 bits per heavy atom. The van der Waals surface area contributed by atoms with E-state index >= 15 is 0 Å². The monoisotopic (exact) mass is 154 g/mol. The first kappa shape index (κ1) is 10.4. The summed E-state index contributed by atoms with van der Waals surface area (Å²) in [6.07, 6.45) is 8.03. The summed E-state index contributed by atoms with van der Waals surface area (Å²) in [5.41, 5.74) is 0.191. The van der Waals surface area contributed by atoms with Gasteiger partial charge < -0.3 is 4.79 Å². The van der Waals surface area contributed by atoms with Gasteiger partial charge in [0.1, 0.15) is 6.29 Å². The quantitative estimate of drug-likeness (QED) is 0.439. The number of allylic oxidation sites excluding steroid dienone is 2. The molecule has 0 unspecified atom stereocenters. The molecule has 0 N–H and O–H groups in total. The molecular formula is C10H18O. The van der Waals surface area contributed by atoms with E-state index in [9.17, 15) is 4.79 Å². The van der Waals surface area contributed by atoms with Crippen LogP contribution in [0.1, 0.15) is 40.0 Å². The SMILES string of the molecule is CC/C=C/C(C)(C)CCC=O. The number of rotatable bonds is 5. The fourth-order valence-electron chi connectivity index (χ4n) is 0.951. The van der Waals surface area contributed by atoms with Crippen molar-refractivity contribution >= 4 is 6.29 Å². The van der Waals surface area contributed by atoms with Gasteiger partial charge in [-0.2, -0.15) is 0 Å². The van der Waals surface area contributed by atoms with Gasteiger partial charge in [0.05, 0.1) is 0 Å². The van der Waals surface area contributed by atoms with Crippen LogP contribution in [0.5, 0.6) is 0 Å². The van der Waals surface area contributed by atoms with Crippen LogP contribution in [0.2, 0.25) is 0 Å². The van der Waals surface area contributed by atoms with E-state index in [1.807, 2.05) is 0 Å². The van der Waals surface area contributed by atoms with E-state index in [-0.39, 0.29) is 5.41 Å². The molecule has 0 aliphatic rings. The van der Waals surface area contributed by atoms with Crippen LogP contribution < -0.4 is 0 Å². The molecule has 0 radical (unpaired) electrons. The number of hydrogen-bond acceptors (Lipinski definition) is 1. The molecular weight excluding hydrogens is 136 g/mol. The Morgan fingerprint density at radius 1 is 1.36 bits per heavy atom. The summed E-state index contributed by atoms with van der Waals surface area (Å²) in [4.78, 5) is 10.1. The highest BCUT2D eigenvalue weighted by molar-refractivity contribution is 5.49. The first-order chi connectivity index (χ1) is 5.12. The lowest BCUT2D eigenvalue weighted by molar-refractivity contribution is -0.108. The van der Waals surface area contributed by atoms with Gasteiger partial charge in [-0.05, 0) is 18.3 Å². The minimum Gasteiger partial charge on any atom is -0.303 e. The van der Waals surface area contributed by atoms with Crippen molar-refractivity contribution in [3.63, 3.8) is 0 Å². The van der Waals surface area contributed by atoms with Gasteiger partial charge in [0.15, 0.2) is 0 Å². The van der Waals surface area contributed by atoms with Crippen LogP contribution in [0.25, 0.3) is 0 Å². The van der Waals surface area contributed by atoms with Gasteiger partial charge in [0, 0.05) is 6.42 Å². The molecule has 0 heterocycles. The van der Waals surface area contributed by atoms with Crippen molar-refractivity contribution in [2.45, 2.75) is 40.0 Å². The topological polar surface area (TPSA) is 17.1 Å². The lowest BCUT2D eigenvalue weighted by Gasteiger charge is -2.18. The molecule has 1 heteroatoms. The summed E-state index contributed by atoms with van der Waals surface area (Å²) < 4.78 is 0. The smallest absolute Gasteiger partial charge is 0.120 e. The van der Waals surface area contributed by atoms with Crippen LogP contribution in [0, 0.1) is 5.41 Å². The van der Waals surface area contributed by atoms with Crippen molar-refractivity contribution in [1.29, 1.82) is 0 Å². The standard InChI is InChI=1S/C10H18O/c1-4-5-7-10(2,3)8-6-9-11/h5,7,9H,4,6,8H2,1-3H3/b7-5+. The van der Waals surface area contributed by atoms with Crippen LogP contribution in [-0.2, 0) is 4.79 Å². The molecule has 0 atom stereocenters. The Balaban J connectivity index is 3.78. The third kappa shape index (κ3) is 5.84. The van der Waals surface area contributed by atoms with Gasteiger partial charge in [0.25, 0.3) is 0 Å². The van der Waals surface area contributed by atoms with Gasteiger partial charge in [-0.1, -0.05) is 32.9 Å². The Labute approximate surface area is 69.5 Å². The lowest BCUT2D eigenvalue weighted by Crippen LogP contribution is -2.06. The molecule has 0 saturated carbocycles. The average Bonchev–Trinajstić information content (AvgIpc) is 1.97. The maximum Gasteiger partial charge on any atom is 0.120 e. The maximum atomic E-state index is 10.1. The maximum absolute atomic E-state index is 10.1.